The topological polar surface area (TPSA) is 9.86 Å². The Morgan fingerprint density at radius 1 is 0.579 bits per heavy atom. The Bertz CT molecular complexity index is 1990. The highest BCUT2D eigenvalue weighted by Crippen LogP contribution is 2.51. The van der Waals surface area contributed by atoms with Gasteiger partial charge in [0.1, 0.15) is 0 Å². The largest absolute Gasteiger partial charge is 0.350 e. The number of aromatic nitrogens is 2. The predicted molar refractivity (Wildman–Crippen MR) is 171 cm³/mol. The molecule has 0 N–H and O–H groups in total. The summed E-state index contributed by atoms with van der Waals surface area (Å²) in [5.41, 5.74) is 12.7. The molecule has 0 unspecified atom stereocenters. The maximum atomic E-state index is 2.61. The second-order valence-electron chi connectivity index (χ2n) is 10.1. The molecule has 7 rings (SSSR count). The Morgan fingerprint density at radius 3 is 1.92 bits per heavy atom. The van der Waals surface area contributed by atoms with E-state index in [1.54, 1.807) is 0 Å². The van der Waals surface area contributed by atoms with E-state index in [2.05, 4.69) is 162 Å². The van der Waals surface area contributed by atoms with Crippen molar-refractivity contribution in [3.8, 4) is 33.4 Å². The Balaban J connectivity index is 1.78. The molecule has 0 fully saturated rings. The van der Waals surface area contributed by atoms with Gasteiger partial charge in [-0.25, -0.2) is 0 Å². The summed E-state index contributed by atoms with van der Waals surface area (Å²) in [7, 11) is 4.37. The standard InChI is InChI=1S/C35H27IN2/c1-22-17-19-24(20-18-22)31-32-26-14-8-10-16-29(26)38(3)35(32)33(30(34(31)36)23-11-5-4-6-12-23)27-21-37(2)28-15-9-7-13-25(27)28/h4-21H,1-3H3. The van der Waals surface area contributed by atoms with E-state index in [0.717, 1.165) is 0 Å². The van der Waals surface area contributed by atoms with E-state index in [-0.39, 0.29) is 0 Å². The highest BCUT2D eigenvalue weighted by atomic mass is 127. The third-order valence-corrected chi connectivity index (χ3v) is 8.93. The van der Waals surface area contributed by atoms with Gasteiger partial charge >= 0.3 is 0 Å². The van der Waals surface area contributed by atoms with Crippen molar-refractivity contribution in [1.82, 2.24) is 9.13 Å². The Hall–Kier alpha value is -3.83. The van der Waals surface area contributed by atoms with Gasteiger partial charge in [-0.05, 0) is 52.8 Å². The first-order chi connectivity index (χ1) is 18.5. The SMILES string of the molecule is Cc1ccc(-c2c(I)c(-c3ccccc3)c(-c3cn(C)c4ccccc34)c3c2c2ccccc2n3C)cc1. The zero-order valence-corrected chi connectivity index (χ0v) is 23.8. The summed E-state index contributed by atoms with van der Waals surface area (Å²) >= 11 is 2.61. The fraction of sp³-hybridized carbons (Fsp3) is 0.0857. The molecule has 2 nitrogen and oxygen atoms in total. The summed E-state index contributed by atoms with van der Waals surface area (Å²) in [5, 5.41) is 3.89. The van der Waals surface area contributed by atoms with Gasteiger partial charge < -0.3 is 9.13 Å². The molecular formula is C35H27IN2. The molecule has 3 heteroatoms. The third-order valence-electron chi connectivity index (χ3n) is 7.85. The zero-order valence-electron chi connectivity index (χ0n) is 21.7. The van der Waals surface area contributed by atoms with Gasteiger partial charge in [-0.3, -0.25) is 0 Å². The third kappa shape index (κ3) is 3.38. The molecule has 7 aromatic rings. The predicted octanol–water partition coefficient (Wildman–Crippen LogP) is 9.74. The first kappa shape index (κ1) is 23.3. The molecule has 2 aromatic heterocycles. The van der Waals surface area contributed by atoms with Crippen LogP contribution in [0.4, 0.5) is 0 Å². The average molecular weight is 603 g/mol. The smallest absolute Gasteiger partial charge is 0.0582 e. The number of hydrogen-bond acceptors (Lipinski definition) is 0. The maximum Gasteiger partial charge on any atom is 0.0582 e. The van der Waals surface area contributed by atoms with E-state index < -0.39 is 0 Å². The minimum atomic E-state index is 1.24. The first-order valence-electron chi connectivity index (χ1n) is 12.9. The highest BCUT2D eigenvalue weighted by molar-refractivity contribution is 14.1. The van der Waals surface area contributed by atoms with Crippen LogP contribution in [0.15, 0.2) is 109 Å². The monoisotopic (exact) mass is 602 g/mol. The van der Waals surface area contributed by atoms with E-state index in [4.69, 9.17) is 0 Å². The van der Waals surface area contributed by atoms with Crippen LogP contribution >= 0.6 is 22.6 Å². The van der Waals surface area contributed by atoms with Crippen molar-refractivity contribution >= 4 is 55.3 Å². The van der Waals surface area contributed by atoms with Crippen LogP contribution in [-0.4, -0.2) is 9.13 Å². The lowest BCUT2D eigenvalue weighted by Gasteiger charge is -2.20. The molecule has 184 valence electrons. The maximum absolute atomic E-state index is 2.61. The fourth-order valence-electron chi connectivity index (χ4n) is 6.07. The molecule has 0 aliphatic heterocycles. The van der Waals surface area contributed by atoms with Crippen molar-refractivity contribution in [1.29, 1.82) is 0 Å². The molecule has 0 aliphatic carbocycles. The molecule has 0 saturated carbocycles. The minimum absolute atomic E-state index is 1.24. The van der Waals surface area contributed by atoms with Crippen molar-refractivity contribution in [2.45, 2.75) is 6.92 Å². The fourth-order valence-corrected chi connectivity index (χ4v) is 7.23. The lowest BCUT2D eigenvalue weighted by molar-refractivity contribution is 0.970. The van der Waals surface area contributed by atoms with Gasteiger partial charge in [-0.15, -0.1) is 0 Å². The van der Waals surface area contributed by atoms with Gasteiger partial charge in [-0.2, -0.15) is 0 Å². The van der Waals surface area contributed by atoms with E-state index in [0.29, 0.717) is 0 Å². The Labute approximate surface area is 236 Å². The first-order valence-corrected chi connectivity index (χ1v) is 14.0. The molecule has 0 radical (unpaired) electrons. The van der Waals surface area contributed by atoms with Crippen LogP contribution in [0.3, 0.4) is 0 Å². The van der Waals surface area contributed by atoms with Crippen LogP contribution in [0.1, 0.15) is 5.56 Å². The number of nitrogens with zero attached hydrogens (tertiary/aromatic N) is 2. The van der Waals surface area contributed by atoms with Crippen molar-refractivity contribution in [3.63, 3.8) is 0 Å². The van der Waals surface area contributed by atoms with Crippen LogP contribution in [0, 0.1) is 10.5 Å². The van der Waals surface area contributed by atoms with Crippen LogP contribution in [0.25, 0.3) is 66.1 Å². The van der Waals surface area contributed by atoms with Gasteiger partial charge in [0, 0.05) is 73.3 Å². The summed E-state index contributed by atoms with van der Waals surface area (Å²) < 4.78 is 5.95. The van der Waals surface area contributed by atoms with E-state index in [9.17, 15) is 0 Å². The number of para-hydroxylation sites is 2. The molecule has 38 heavy (non-hydrogen) atoms. The number of benzene rings is 5. The molecule has 0 bridgehead atoms. The molecule has 5 aromatic carbocycles. The number of rotatable bonds is 3. The second-order valence-corrected chi connectivity index (χ2v) is 11.2. The van der Waals surface area contributed by atoms with Gasteiger partial charge in [-0.1, -0.05) is 96.6 Å². The van der Waals surface area contributed by atoms with Crippen LogP contribution < -0.4 is 0 Å². The van der Waals surface area contributed by atoms with Gasteiger partial charge in [0.25, 0.3) is 0 Å². The van der Waals surface area contributed by atoms with Crippen LogP contribution in [-0.2, 0) is 14.1 Å². The quantitative estimate of drug-likeness (QED) is 0.178. The Morgan fingerprint density at radius 2 is 1.18 bits per heavy atom. The molecule has 0 saturated heterocycles. The summed E-state index contributed by atoms with van der Waals surface area (Å²) in [6.45, 7) is 2.15. The highest BCUT2D eigenvalue weighted by Gasteiger charge is 2.27. The summed E-state index contributed by atoms with van der Waals surface area (Å²) in [4.78, 5) is 0. The van der Waals surface area contributed by atoms with Gasteiger partial charge in [0.2, 0.25) is 0 Å². The van der Waals surface area contributed by atoms with Crippen molar-refractivity contribution in [2.75, 3.05) is 0 Å². The Kier molecular flexibility index (Phi) is 5.45. The van der Waals surface area contributed by atoms with Crippen molar-refractivity contribution in [2.24, 2.45) is 14.1 Å². The number of halogens is 1. The summed E-state index contributed by atoms with van der Waals surface area (Å²) in [6.07, 6.45) is 2.31. The number of aryl methyl sites for hydroxylation is 3. The zero-order chi connectivity index (χ0) is 26.0. The molecule has 2 heterocycles. The number of hydrogen-bond donors (Lipinski definition) is 0. The van der Waals surface area contributed by atoms with Crippen molar-refractivity contribution in [3.05, 3.63) is 118 Å². The van der Waals surface area contributed by atoms with Crippen LogP contribution in [0.2, 0.25) is 0 Å². The van der Waals surface area contributed by atoms with Crippen LogP contribution in [0.5, 0.6) is 0 Å². The molecule has 0 amide bonds. The summed E-state index contributed by atoms with van der Waals surface area (Å²) in [6, 6.07) is 37.5. The molecule has 0 atom stereocenters. The average Bonchev–Trinajstić information content (AvgIpc) is 3.44. The van der Waals surface area contributed by atoms with Gasteiger partial charge in [0.15, 0.2) is 0 Å². The molecule has 0 spiro atoms. The van der Waals surface area contributed by atoms with E-state index in [1.807, 2.05) is 0 Å². The summed E-state index contributed by atoms with van der Waals surface area (Å²) in [5.74, 6) is 0. The van der Waals surface area contributed by atoms with Gasteiger partial charge in [0.05, 0.1) is 5.52 Å². The van der Waals surface area contributed by atoms with E-state index >= 15 is 0 Å². The van der Waals surface area contributed by atoms with Crippen molar-refractivity contribution < 1.29 is 0 Å². The minimum Gasteiger partial charge on any atom is -0.350 e. The van der Waals surface area contributed by atoms with E-state index in [1.165, 1.54) is 75.2 Å². The lowest BCUT2D eigenvalue weighted by atomic mass is 9.87. The number of fused-ring (bicyclic) bond motifs is 4. The molecule has 0 aliphatic rings. The normalized spacial score (nSPS) is 11.7. The lowest BCUT2D eigenvalue weighted by Crippen LogP contribution is -1.98. The second kappa shape index (κ2) is 8.88. The molecular weight excluding hydrogens is 575 g/mol.